The Morgan fingerprint density at radius 1 is 1.00 bits per heavy atom. The summed E-state index contributed by atoms with van der Waals surface area (Å²) >= 11 is 12.3. The second-order valence-corrected chi connectivity index (χ2v) is 10.8. The van der Waals surface area contributed by atoms with E-state index in [1.807, 2.05) is 0 Å². The average molecular weight is 564 g/mol. The number of nitrogens with one attached hydrogen (secondary N) is 1. The Labute approximate surface area is 226 Å². The van der Waals surface area contributed by atoms with Crippen LogP contribution in [0.1, 0.15) is 12.5 Å². The molecule has 0 saturated carbocycles. The van der Waals surface area contributed by atoms with E-state index in [0.29, 0.717) is 10.8 Å². The molecule has 3 rings (SSSR count). The van der Waals surface area contributed by atoms with E-state index in [1.54, 1.807) is 49.4 Å². The van der Waals surface area contributed by atoms with Crippen molar-refractivity contribution in [3.05, 3.63) is 88.4 Å². The van der Waals surface area contributed by atoms with Gasteiger partial charge in [0.25, 0.3) is 10.0 Å². The maximum Gasteiger partial charge on any atom is 0.264 e. The number of nitrogens with zero attached hydrogens (tertiary/aromatic N) is 2. The van der Waals surface area contributed by atoms with E-state index >= 15 is 0 Å². The van der Waals surface area contributed by atoms with Gasteiger partial charge < -0.3 is 15.0 Å². The van der Waals surface area contributed by atoms with Gasteiger partial charge in [0.1, 0.15) is 18.3 Å². The van der Waals surface area contributed by atoms with Crippen molar-refractivity contribution in [3.8, 4) is 5.75 Å². The lowest BCUT2D eigenvalue weighted by molar-refractivity contribution is -0.139. The third kappa shape index (κ3) is 6.74. The minimum absolute atomic E-state index is 0.00154. The summed E-state index contributed by atoms with van der Waals surface area (Å²) in [5.74, 6) is -0.629. The first-order valence-electron chi connectivity index (χ1n) is 11.2. The standard InChI is InChI=1S/C26H27Cl2N3O5S/c1-18(26(33)29-2)30(16-19-9-11-20(27)12-10-19)25(32)17-31(21-13-14-24(36-3)23(28)15-21)37(34,35)22-7-5-4-6-8-22/h4-15,18H,16-17H2,1-3H3,(H,29,33). The molecular formula is C26H27Cl2N3O5S. The normalized spacial score (nSPS) is 11.9. The monoisotopic (exact) mass is 563 g/mol. The Balaban J connectivity index is 2.05. The summed E-state index contributed by atoms with van der Waals surface area (Å²) in [5.41, 5.74) is 0.889. The molecule has 8 nitrogen and oxygen atoms in total. The van der Waals surface area contributed by atoms with E-state index in [4.69, 9.17) is 27.9 Å². The molecule has 3 aromatic carbocycles. The third-order valence-corrected chi connectivity index (χ3v) is 8.05. The number of anilines is 1. The van der Waals surface area contributed by atoms with Crippen molar-refractivity contribution in [1.82, 2.24) is 10.2 Å². The molecule has 0 bridgehead atoms. The number of benzene rings is 3. The molecule has 0 fully saturated rings. The summed E-state index contributed by atoms with van der Waals surface area (Å²) in [6.45, 7) is 1.06. The molecule has 0 aliphatic rings. The molecule has 0 radical (unpaired) electrons. The first-order valence-corrected chi connectivity index (χ1v) is 13.4. The maximum atomic E-state index is 13.7. The fourth-order valence-electron chi connectivity index (χ4n) is 3.64. The number of ether oxygens (including phenoxy) is 1. The smallest absolute Gasteiger partial charge is 0.264 e. The third-order valence-electron chi connectivity index (χ3n) is 5.71. The number of rotatable bonds is 10. The van der Waals surface area contributed by atoms with Crippen LogP contribution in [-0.2, 0) is 26.2 Å². The highest BCUT2D eigenvalue weighted by Gasteiger charge is 2.32. The van der Waals surface area contributed by atoms with Gasteiger partial charge in [-0.3, -0.25) is 13.9 Å². The lowest BCUT2D eigenvalue weighted by Gasteiger charge is -2.32. The molecule has 37 heavy (non-hydrogen) atoms. The Hall–Kier alpha value is -3.27. The highest BCUT2D eigenvalue weighted by atomic mass is 35.5. The van der Waals surface area contributed by atoms with Crippen molar-refractivity contribution >= 4 is 50.7 Å². The molecule has 1 unspecified atom stereocenters. The SMILES string of the molecule is CNC(=O)C(C)N(Cc1ccc(Cl)cc1)C(=O)CN(c1ccc(OC)c(Cl)c1)S(=O)(=O)c1ccccc1. The molecule has 2 amide bonds. The number of carbonyl (C=O) groups is 2. The summed E-state index contributed by atoms with van der Waals surface area (Å²) < 4.78 is 33.6. The van der Waals surface area contributed by atoms with E-state index in [1.165, 1.54) is 49.4 Å². The molecule has 1 N–H and O–H groups in total. The summed E-state index contributed by atoms with van der Waals surface area (Å²) in [6.07, 6.45) is 0. The molecule has 11 heteroatoms. The van der Waals surface area contributed by atoms with Crippen molar-refractivity contribution < 1.29 is 22.7 Å². The van der Waals surface area contributed by atoms with Gasteiger partial charge in [0.2, 0.25) is 11.8 Å². The van der Waals surface area contributed by atoms with Crippen LogP contribution in [0.3, 0.4) is 0 Å². The van der Waals surface area contributed by atoms with Crippen LogP contribution in [0.25, 0.3) is 0 Å². The Bertz CT molecular complexity index is 1350. The highest BCUT2D eigenvalue weighted by Crippen LogP contribution is 2.32. The Morgan fingerprint density at radius 3 is 2.22 bits per heavy atom. The minimum Gasteiger partial charge on any atom is -0.495 e. The summed E-state index contributed by atoms with van der Waals surface area (Å²) in [4.78, 5) is 27.5. The first-order chi connectivity index (χ1) is 17.6. The number of hydrogen-bond acceptors (Lipinski definition) is 5. The number of halogens is 2. The molecule has 0 aliphatic carbocycles. The van der Waals surface area contributed by atoms with Gasteiger partial charge in [0.05, 0.1) is 22.7 Å². The zero-order valence-corrected chi connectivity index (χ0v) is 22.8. The largest absolute Gasteiger partial charge is 0.495 e. The summed E-state index contributed by atoms with van der Waals surface area (Å²) in [7, 11) is -1.27. The highest BCUT2D eigenvalue weighted by molar-refractivity contribution is 7.92. The van der Waals surface area contributed by atoms with Crippen molar-refractivity contribution in [2.24, 2.45) is 0 Å². The van der Waals surface area contributed by atoms with Crippen molar-refractivity contribution in [3.63, 3.8) is 0 Å². The molecule has 0 spiro atoms. The van der Waals surface area contributed by atoms with Crippen molar-refractivity contribution in [1.29, 1.82) is 0 Å². The second-order valence-electron chi connectivity index (χ2n) is 8.08. The van der Waals surface area contributed by atoms with Gasteiger partial charge in [-0.2, -0.15) is 0 Å². The Morgan fingerprint density at radius 2 is 1.65 bits per heavy atom. The van der Waals surface area contributed by atoms with Crippen LogP contribution in [0.5, 0.6) is 5.75 Å². The predicted octanol–water partition coefficient (Wildman–Crippen LogP) is 4.36. The molecular weight excluding hydrogens is 537 g/mol. The molecule has 0 heterocycles. The number of likely N-dealkylation sites (N-methyl/N-ethyl adjacent to an activating group) is 1. The van der Waals surface area contributed by atoms with E-state index in [2.05, 4.69) is 5.32 Å². The van der Waals surface area contributed by atoms with Crippen LogP contribution in [0, 0.1) is 0 Å². The Kier molecular flexibility index (Phi) is 9.42. The van der Waals surface area contributed by atoms with E-state index in [-0.39, 0.29) is 22.2 Å². The van der Waals surface area contributed by atoms with Gasteiger partial charge in [-0.25, -0.2) is 8.42 Å². The van der Waals surface area contributed by atoms with Crippen molar-refractivity contribution in [2.75, 3.05) is 25.0 Å². The number of carbonyl (C=O) groups excluding carboxylic acids is 2. The van der Waals surface area contributed by atoms with Crippen LogP contribution in [-0.4, -0.2) is 51.9 Å². The van der Waals surface area contributed by atoms with E-state index < -0.39 is 34.4 Å². The molecule has 196 valence electrons. The lowest BCUT2D eigenvalue weighted by atomic mass is 10.1. The quantitative estimate of drug-likeness (QED) is 0.395. The van der Waals surface area contributed by atoms with E-state index in [9.17, 15) is 18.0 Å². The minimum atomic E-state index is -4.18. The van der Waals surface area contributed by atoms with Crippen LogP contribution >= 0.6 is 23.2 Å². The fraction of sp³-hybridized carbons (Fsp3) is 0.231. The van der Waals surface area contributed by atoms with Gasteiger partial charge in [0.15, 0.2) is 0 Å². The summed E-state index contributed by atoms with van der Waals surface area (Å²) in [6, 6.07) is 18.1. The average Bonchev–Trinajstić information content (AvgIpc) is 2.90. The van der Waals surface area contributed by atoms with Crippen LogP contribution < -0.4 is 14.4 Å². The van der Waals surface area contributed by atoms with Gasteiger partial charge in [-0.05, 0) is 55.0 Å². The van der Waals surface area contributed by atoms with E-state index in [0.717, 1.165) is 9.87 Å². The number of amides is 2. The zero-order chi connectivity index (χ0) is 27.2. The molecule has 0 aliphatic heterocycles. The van der Waals surface area contributed by atoms with Gasteiger partial charge in [0, 0.05) is 18.6 Å². The van der Waals surface area contributed by atoms with Gasteiger partial charge >= 0.3 is 0 Å². The molecule has 0 aromatic heterocycles. The van der Waals surface area contributed by atoms with Gasteiger partial charge in [-0.15, -0.1) is 0 Å². The van der Waals surface area contributed by atoms with Crippen LogP contribution in [0.4, 0.5) is 5.69 Å². The number of hydrogen-bond donors (Lipinski definition) is 1. The van der Waals surface area contributed by atoms with Crippen LogP contribution in [0.2, 0.25) is 10.0 Å². The lowest BCUT2D eigenvalue weighted by Crippen LogP contribution is -2.50. The van der Waals surface area contributed by atoms with Gasteiger partial charge in [-0.1, -0.05) is 53.5 Å². The zero-order valence-electron chi connectivity index (χ0n) is 20.5. The number of methoxy groups -OCH3 is 1. The van der Waals surface area contributed by atoms with Crippen LogP contribution in [0.15, 0.2) is 77.7 Å². The van der Waals surface area contributed by atoms with Crippen molar-refractivity contribution in [2.45, 2.75) is 24.4 Å². The predicted molar refractivity (Wildman–Crippen MR) is 145 cm³/mol. The molecule has 0 saturated heterocycles. The second kappa shape index (κ2) is 12.3. The summed E-state index contributed by atoms with van der Waals surface area (Å²) in [5, 5.41) is 3.24. The topological polar surface area (TPSA) is 96.0 Å². The molecule has 1 atom stereocenters. The molecule has 3 aromatic rings. The first kappa shape index (κ1) is 28.3. The maximum absolute atomic E-state index is 13.7. The fourth-order valence-corrected chi connectivity index (χ4v) is 5.44. The number of sulfonamides is 1.